The van der Waals surface area contributed by atoms with Crippen molar-refractivity contribution in [3.63, 3.8) is 0 Å². The standard InChI is InChI=1S/C28H30N4O3/c1-21-7-8-24(17-25(21)30-18-23-9-13-29-14-10-23)26(33)31-16-12-28(19-31)20-32(27(34)35-28)15-11-22-5-3-2-4-6-22/h2-10,13-14,17,30H,11-12,15-16,18-20H2,1H3. The molecule has 3 heterocycles. The van der Waals surface area contributed by atoms with Gasteiger partial charge in [0.25, 0.3) is 5.91 Å². The second-order valence-corrected chi connectivity index (χ2v) is 9.42. The number of benzene rings is 2. The van der Waals surface area contributed by atoms with Gasteiger partial charge in [-0.25, -0.2) is 4.79 Å². The molecule has 180 valence electrons. The predicted molar refractivity (Wildman–Crippen MR) is 134 cm³/mol. The number of ether oxygens (including phenoxy) is 1. The highest BCUT2D eigenvalue weighted by molar-refractivity contribution is 5.95. The lowest BCUT2D eigenvalue weighted by molar-refractivity contribution is 0.0553. The van der Waals surface area contributed by atoms with Crippen LogP contribution in [0.1, 0.15) is 33.5 Å². The van der Waals surface area contributed by atoms with Gasteiger partial charge in [-0.05, 0) is 54.3 Å². The van der Waals surface area contributed by atoms with Crippen molar-refractivity contribution < 1.29 is 14.3 Å². The third-order valence-corrected chi connectivity index (χ3v) is 6.87. The van der Waals surface area contributed by atoms with Gasteiger partial charge in [-0.3, -0.25) is 9.78 Å². The number of carbonyl (C=O) groups excluding carboxylic acids is 2. The zero-order valence-corrected chi connectivity index (χ0v) is 19.9. The second-order valence-electron chi connectivity index (χ2n) is 9.42. The van der Waals surface area contributed by atoms with E-state index in [2.05, 4.69) is 22.4 Å². The van der Waals surface area contributed by atoms with Gasteiger partial charge in [0.15, 0.2) is 5.60 Å². The van der Waals surface area contributed by atoms with Crippen molar-refractivity contribution in [2.45, 2.75) is 31.9 Å². The number of carbonyl (C=O) groups is 2. The Balaban J connectivity index is 1.21. The van der Waals surface area contributed by atoms with E-state index in [-0.39, 0.29) is 12.0 Å². The summed E-state index contributed by atoms with van der Waals surface area (Å²) in [6.45, 7) is 4.82. The zero-order valence-electron chi connectivity index (χ0n) is 19.9. The normalized spacial score (nSPS) is 19.3. The van der Waals surface area contributed by atoms with E-state index in [0.717, 1.165) is 23.2 Å². The first-order valence-corrected chi connectivity index (χ1v) is 12.1. The molecule has 1 aromatic heterocycles. The summed E-state index contributed by atoms with van der Waals surface area (Å²) in [5, 5.41) is 3.43. The summed E-state index contributed by atoms with van der Waals surface area (Å²) in [6.07, 6.45) is 4.70. The number of nitrogens with zero attached hydrogens (tertiary/aromatic N) is 3. The highest BCUT2D eigenvalue weighted by Gasteiger charge is 2.50. The predicted octanol–water partition coefficient (Wildman–Crippen LogP) is 4.28. The molecule has 2 aliphatic heterocycles. The van der Waals surface area contributed by atoms with Crippen molar-refractivity contribution in [2.24, 2.45) is 0 Å². The van der Waals surface area contributed by atoms with Gasteiger partial charge in [-0.2, -0.15) is 0 Å². The molecule has 1 atom stereocenters. The number of rotatable bonds is 7. The third-order valence-electron chi connectivity index (χ3n) is 6.87. The molecule has 7 heteroatoms. The molecule has 0 aliphatic carbocycles. The van der Waals surface area contributed by atoms with E-state index < -0.39 is 5.60 Å². The zero-order chi connectivity index (χ0) is 24.3. The SMILES string of the molecule is Cc1ccc(C(=O)N2CCC3(CN(CCc4ccccc4)C(=O)O3)C2)cc1NCc1ccncc1. The highest BCUT2D eigenvalue weighted by atomic mass is 16.6. The summed E-state index contributed by atoms with van der Waals surface area (Å²) in [6, 6.07) is 19.8. The van der Waals surface area contributed by atoms with Gasteiger partial charge in [-0.15, -0.1) is 0 Å². The van der Waals surface area contributed by atoms with Crippen LogP contribution in [0.25, 0.3) is 0 Å². The lowest BCUT2D eigenvalue weighted by Gasteiger charge is -2.22. The number of amides is 2. The Morgan fingerprint density at radius 3 is 2.66 bits per heavy atom. The molecule has 1 spiro atoms. The molecule has 0 saturated carbocycles. The van der Waals surface area contributed by atoms with Gasteiger partial charge in [-0.1, -0.05) is 36.4 Å². The maximum absolute atomic E-state index is 13.3. The van der Waals surface area contributed by atoms with Crippen LogP contribution in [0.4, 0.5) is 10.5 Å². The molecule has 2 aliphatic rings. The van der Waals surface area contributed by atoms with E-state index in [9.17, 15) is 9.59 Å². The molecule has 5 rings (SSSR count). The molecule has 7 nitrogen and oxygen atoms in total. The molecule has 2 amide bonds. The first-order valence-electron chi connectivity index (χ1n) is 12.1. The Labute approximate surface area is 205 Å². The van der Waals surface area contributed by atoms with Crippen LogP contribution in [0, 0.1) is 6.92 Å². The van der Waals surface area contributed by atoms with E-state index in [1.165, 1.54) is 5.56 Å². The molecule has 1 N–H and O–H groups in total. The average Bonchev–Trinajstić information content (AvgIpc) is 3.44. The van der Waals surface area contributed by atoms with Crippen molar-refractivity contribution in [2.75, 3.05) is 31.5 Å². The first-order chi connectivity index (χ1) is 17.0. The molecule has 2 saturated heterocycles. The Hall–Kier alpha value is -3.87. The Bertz CT molecular complexity index is 1200. The van der Waals surface area contributed by atoms with Crippen LogP contribution in [0.3, 0.4) is 0 Å². The largest absolute Gasteiger partial charge is 0.439 e. The summed E-state index contributed by atoms with van der Waals surface area (Å²) in [5.41, 5.74) is 4.34. The summed E-state index contributed by atoms with van der Waals surface area (Å²) >= 11 is 0. The van der Waals surface area contributed by atoms with Gasteiger partial charge >= 0.3 is 6.09 Å². The molecule has 0 bridgehead atoms. The van der Waals surface area contributed by atoms with Crippen molar-refractivity contribution >= 4 is 17.7 Å². The van der Waals surface area contributed by atoms with Gasteiger partial charge in [0.1, 0.15) is 0 Å². The smallest absolute Gasteiger partial charge is 0.410 e. The summed E-state index contributed by atoms with van der Waals surface area (Å²) < 4.78 is 5.83. The van der Waals surface area contributed by atoms with Crippen molar-refractivity contribution in [3.05, 3.63) is 95.3 Å². The van der Waals surface area contributed by atoms with Crippen LogP contribution < -0.4 is 5.32 Å². The number of aromatic nitrogens is 1. The molecule has 2 aromatic carbocycles. The minimum atomic E-state index is -0.615. The number of likely N-dealkylation sites (tertiary alicyclic amines) is 1. The number of anilines is 1. The molecule has 35 heavy (non-hydrogen) atoms. The molecule has 1 unspecified atom stereocenters. The van der Waals surface area contributed by atoms with Crippen molar-refractivity contribution in [1.29, 1.82) is 0 Å². The fourth-order valence-electron chi connectivity index (χ4n) is 4.83. The van der Waals surface area contributed by atoms with E-state index >= 15 is 0 Å². The highest BCUT2D eigenvalue weighted by Crippen LogP contribution is 2.33. The summed E-state index contributed by atoms with van der Waals surface area (Å²) in [7, 11) is 0. The van der Waals surface area contributed by atoms with Gasteiger partial charge in [0, 0.05) is 49.7 Å². The molecule has 2 fully saturated rings. The number of hydrogen-bond donors (Lipinski definition) is 1. The van der Waals surface area contributed by atoms with Gasteiger partial charge in [0.2, 0.25) is 0 Å². The van der Waals surface area contributed by atoms with Crippen molar-refractivity contribution in [1.82, 2.24) is 14.8 Å². The number of pyridine rings is 1. The monoisotopic (exact) mass is 470 g/mol. The van der Waals surface area contributed by atoms with E-state index in [0.29, 0.717) is 44.7 Å². The molecular weight excluding hydrogens is 440 g/mol. The Morgan fingerprint density at radius 1 is 1.06 bits per heavy atom. The fourth-order valence-corrected chi connectivity index (χ4v) is 4.83. The number of hydrogen-bond acceptors (Lipinski definition) is 5. The first kappa shape index (κ1) is 22.9. The van der Waals surface area contributed by atoms with Crippen LogP contribution in [0.2, 0.25) is 0 Å². The van der Waals surface area contributed by atoms with Crippen LogP contribution >= 0.6 is 0 Å². The minimum Gasteiger partial charge on any atom is -0.439 e. The van der Waals surface area contributed by atoms with E-state index in [4.69, 9.17) is 4.74 Å². The van der Waals surface area contributed by atoms with Crippen LogP contribution in [-0.4, -0.2) is 58.6 Å². The topological polar surface area (TPSA) is 74.8 Å². The van der Waals surface area contributed by atoms with Crippen LogP contribution in [0.15, 0.2) is 73.1 Å². The lowest BCUT2D eigenvalue weighted by Crippen LogP contribution is -2.39. The average molecular weight is 471 g/mol. The minimum absolute atomic E-state index is 0.0346. The van der Waals surface area contributed by atoms with Gasteiger partial charge in [0.05, 0.1) is 13.1 Å². The van der Waals surface area contributed by atoms with Gasteiger partial charge < -0.3 is 19.9 Å². The fraction of sp³-hybridized carbons (Fsp3) is 0.321. The lowest BCUT2D eigenvalue weighted by atomic mass is 10.0. The summed E-state index contributed by atoms with van der Waals surface area (Å²) in [4.78, 5) is 33.5. The Morgan fingerprint density at radius 2 is 1.86 bits per heavy atom. The second kappa shape index (κ2) is 9.78. The Kier molecular flexibility index (Phi) is 6.40. The number of nitrogens with one attached hydrogen (secondary N) is 1. The van der Waals surface area contributed by atoms with E-state index in [1.807, 2.05) is 60.4 Å². The third kappa shape index (κ3) is 5.14. The maximum atomic E-state index is 13.3. The van der Waals surface area contributed by atoms with Crippen LogP contribution in [0.5, 0.6) is 0 Å². The molecule has 3 aromatic rings. The molecular formula is C28H30N4O3. The molecule has 0 radical (unpaired) electrons. The van der Waals surface area contributed by atoms with Crippen LogP contribution in [-0.2, 0) is 17.7 Å². The van der Waals surface area contributed by atoms with E-state index in [1.54, 1.807) is 17.3 Å². The van der Waals surface area contributed by atoms with Crippen molar-refractivity contribution in [3.8, 4) is 0 Å². The maximum Gasteiger partial charge on any atom is 0.410 e. The summed E-state index contributed by atoms with van der Waals surface area (Å²) in [5.74, 6) is -0.0346. The quantitative estimate of drug-likeness (QED) is 0.558. The number of aryl methyl sites for hydroxylation is 1.